The molecule has 1 heterocycles. The van der Waals surface area contributed by atoms with Gasteiger partial charge in [-0.15, -0.1) is 24.0 Å². The van der Waals surface area contributed by atoms with Gasteiger partial charge in [-0.1, -0.05) is 35.4 Å². The fourth-order valence-electron chi connectivity index (χ4n) is 3.00. The third-order valence-corrected chi connectivity index (χ3v) is 4.03. The Balaban J connectivity index is 0.00000364. The molecule has 2 N–H and O–H groups in total. The minimum absolute atomic E-state index is 0. The van der Waals surface area contributed by atoms with Gasteiger partial charge in [0.15, 0.2) is 5.96 Å². The molecule has 27 heavy (non-hydrogen) atoms. The summed E-state index contributed by atoms with van der Waals surface area (Å²) in [4.78, 5) is 11.2. The van der Waals surface area contributed by atoms with E-state index in [0.717, 1.165) is 36.9 Å². The normalized spacial score (nSPS) is 10.9. The van der Waals surface area contributed by atoms with E-state index in [4.69, 9.17) is 4.99 Å². The molecule has 0 bridgehead atoms. The number of aromatic nitrogens is 1. The number of anilines is 1. The van der Waals surface area contributed by atoms with E-state index < -0.39 is 0 Å². The minimum Gasteiger partial charge on any atom is -0.362 e. The number of aryl methyl sites for hydroxylation is 2. The molecule has 5 nitrogen and oxygen atoms in total. The van der Waals surface area contributed by atoms with Crippen LogP contribution in [0.5, 0.6) is 0 Å². The smallest absolute Gasteiger partial charge is 0.191 e. The lowest BCUT2D eigenvalue weighted by molar-refractivity contribution is 0.798. The Bertz CT molecular complexity index is 723. The van der Waals surface area contributed by atoms with Crippen molar-refractivity contribution in [3.05, 3.63) is 58.8 Å². The highest BCUT2D eigenvalue weighted by atomic mass is 127. The molecule has 0 aliphatic heterocycles. The van der Waals surface area contributed by atoms with E-state index in [1.807, 2.05) is 31.3 Å². The Morgan fingerprint density at radius 1 is 1.11 bits per heavy atom. The molecule has 2 aromatic rings. The molecule has 0 spiro atoms. The van der Waals surface area contributed by atoms with Crippen molar-refractivity contribution >= 4 is 35.8 Å². The average molecular weight is 481 g/mol. The number of hydrogen-bond acceptors (Lipinski definition) is 3. The maximum absolute atomic E-state index is 4.72. The molecule has 6 heteroatoms. The van der Waals surface area contributed by atoms with Crippen molar-refractivity contribution in [2.75, 3.05) is 32.1 Å². The quantitative estimate of drug-likeness (QED) is 0.360. The van der Waals surface area contributed by atoms with Gasteiger partial charge < -0.3 is 15.5 Å². The first-order valence-corrected chi connectivity index (χ1v) is 9.20. The standard InChI is InChI=1S/C21H31N5.HI/c1-6-22-21(24-11-9-18-13-16(2)12-17(3)14-18)25-15-19-8-7-10-23-20(19)26(4)5;/h7-8,10,12-14H,6,9,11,15H2,1-5H3,(H2,22,24,25);1H. The highest BCUT2D eigenvalue weighted by Gasteiger charge is 2.05. The fourth-order valence-corrected chi connectivity index (χ4v) is 3.00. The number of benzene rings is 1. The third-order valence-electron chi connectivity index (χ3n) is 4.03. The molecule has 0 radical (unpaired) electrons. The summed E-state index contributed by atoms with van der Waals surface area (Å²) >= 11 is 0. The zero-order valence-corrected chi connectivity index (χ0v) is 19.4. The summed E-state index contributed by atoms with van der Waals surface area (Å²) in [7, 11) is 4.01. The van der Waals surface area contributed by atoms with Gasteiger partial charge in [-0.25, -0.2) is 9.98 Å². The highest BCUT2D eigenvalue weighted by molar-refractivity contribution is 14.0. The van der Waals surface area contributed by atoms with Crippen LogP contribution in [0.4, 0.5) is 5.82 Å². The van der Waals surface area contributed by atoms with Crippen molar-refractivity contribution in [2.24, 2.45) is 4.99 Å². The number of hydrogen-bond donors (Lipinski definition) is 2. The summed E-state index contributed by atoms with van der Waals surface area (Å²) in [5, 5.41) is 6.75. The first-order valence-electron chi connectivity index (χ1n) is 9.20. The van der Waals surface area contributed by atoms with E-state index in [9.17, 15) is 0 Å². The first-order chi connectivity index (χ1) is 12.5. The van der Waals surface area contributed by atoms with Crippen molar-refractivity contribution < 1.29 is 0 Å². The van der Waals surface area contributed by atoms with E-state index in [-0.39, 0.29) is 24.0 Å². The molecule has 0 fully saturated rings. The Morgan fingerprint density at radius 2 is 1.81 bits per heavy atom. The fraction of sp³-hybridized carbons (Fsp3) is 0.429. The molecule has 0 unspecified atom stereocenters. The molecular weight excluding hydrogens is 449 g/mol. The molecule has 0 atom stereocenters. The zero-order chi connectivity index (χ0) is 18.9. The molecule has 0 aliphatic rings. The van der Waals surface area contributed by atoms with Gasteiger partial charge in [0.1, 0.15) is 5.82 Å². The summed E-state index contributed by atoms with van der Waals surface area (Å²) in [6.45, 7) is 8.65. The maximum Gasteiger partial charge on any atom is 0.191 e. The summed E-state index contributed by atoms with van der Waals surface area (Å²) in [6.07, 6.45) is 2.79. The van der Waals surface area contributed by atoms with Crippen molar-refractivity contribution in [3.63, 3.8) is 0 Å². The summed E-state index contributed by atoms with van der Waals surface area (Å²) in [5.41, 5.74) is 5.10. The molecular formula is C21H32IN5. The van der Waals surface area contributed by atoms with Gasteiger partial charge in [0.25, 0.3) is 0 Å². The van der Waals surface area contributed by atoms with E-state index in [1.165, 1.54) is 16.7 Å². The lowest BCUT2D eigenvalue weighted by atomic mass is 10.1. The predicted molar refractivity (Wildman–Crippen MR) is 126 cm³/mol. The Hall–Kier alpha value is -1.83. The summed E-state index contributed by atoms with van der Waals surface area (Å²) in [6, 6.07) is 10.7. The van der Waals surface area contributed by atoms with Crippen LogP contribution in [0.25, 0.3) is 0 Å². The number of halogens is 1. The molecule has 0 aliphatic carbocycles. The Labute approximate surface area is 180 Å². The van der Waals surface area contributed by atoms with Crippen LogP contribution in [0, 0.1) is 13.8 Å². The van der Waals surface area contributed by atoms with E-state index >= 15 is 0 Å². The molecule has 2 rings (SSSR count). The highest BCUT2D eigenvalue weighted by Crippen LogP contribution is 2.15. The summed E-state index contributed by atoms with van der Waals surface area (Å²) in [5.74, 6) is 1.80. The predicted octanol–water partition coefficient (Wildman–Crippen LogP) is 3.68. The molecule has 1 aromatic heterocycles. The van der Waals surface area contributed by atoms with Crippen LogP contribution in [0.3, 0.4) is 0 Å². The molecule has 0 amide bonds. The second kappa shape index (κ2) is 11.8. The lowest BCUT2D eigenvalue weighted by Gasteiger charge is -2.16. The lowest BCUT2D eigenvalue weighted by Crippen LogP contribution is -2.38. The van der Waals surface area contributed by atoms with Crippen molar-refractivity contribution in [3.8, 4) is 0 Å². The topological polar surface area (TPSA) is 52.6 Å². The largest absolute Gasteiger partial charge is 0.362 e. The Kier molecular flexibility index (Phi) is 10.1. The number of aliphatic imine (C=N–C) groups is 1. The molecule has 1 aromatic carbocycles. The van der Waals surface area contributed by atoms with Crippen molar-refractivity contribution in [2.45, 2.75) is 33.7 Å². The maximum atomic E-state index is 4.72. The average Bonchev–Trinajstić information content (AvgIpc) is 2.59. The van der Waals surface area contributed by atoms with Crippen LogP contribution >= 0.6 is 24.0 Å². The van der Waals surface area contributed by atoms with Crippen LogP contribution in [-0.2, 0) is 13.0 Å². The minimum atomic E-state index is 0. The van der Waals surface area contributed by atoms with E-state index in [1.54, 1.807) is 0 Å². The second-order valence-corrected chi connectivity index (χ2v) is 6.75. The molecule has 148 valence electrons. The van der Waals surface area contributed by atoms with E-state index in [0.29, 0.717) is 6.54 Å². The number of nitrogens with one attached hydrogen (secondary N) is 2. The third kappa shape index (κ3) is 7.74. The zero-order valence-electron chi connectivity index (χ0n) is 17.0. The SMILES string of the molecule is CCNC(=NCc1cccnc1N(C)C)NCCc1cc(C)cc(C)c1.I. The molecule has 0 saturated heterocycles. The van der Waals surface area contributed by atoms with Crippen molar-refractivity contribution in [1.29, 1.82) is 0 Å². The van der Waals surface area contributed by atoms with Gasteiger partial charge in [-0.05, 0) is 38.8 Å². The second-order valence-electron chi connectivity index (χ2n) is 6.75. The number of pyridine rings is 1. The number of rotatable bonds is 7. The number of guanidine groups is 1. The van der Waals surface area contributed by atoms with Crippen LogP contribution in [0.1, 0.15) is 29.2 Å². The van der Waals surface area contributed by atoms with Gasteiger partial charge >= 0.3 is 0 Å². The van der Waals surface area contributed by atoms with Crippen LogP contribution < -0.4 is 15.5 Å². The number of nitrogens with zero attached hydrogens (tertiary/aromatic N) is 3. The van der Waals surface area contributed by atoms with Crippen molar-refractivity contribution in [1.82, 2.24) is 15.6 Å². The van der Waals surface area contributed by atoms with Gasteiger partial charge in [0.2, 0.25) is 0 Å². The van der Waals surface area contributed by atoms with Gasteiger partial charge in [0.05, 0.1) is 6.54 Å². The monoisotopic (exact) mass is 481 g/mol. The van der Waals surface area contributed by atoms with Gasteiger partial charge in [-0.2, -0.15) is 0 Å². The van der Waals surface area contributed by atoms with Gasteiger partial charge in [-0.3, -0.25) is 0 Å². The molecule has 0 saturated carbocycles. The first kappa shape index (κ1) is 23.2. The van der Waals surface area contributed by atoms with Gasteiger partial charge in [0, 0.05) is 38.9 Å². The Morgan fingerprint density at radius 3 is 2.44 bits per heavy atom. The summed E-state index contributed by atoms with van der Waals surface area (Å²) < 4.78 is 0. The van der Waals surface area contributed by atoms with Crippen LogP contribution in [-0.4, -0.2) is 38.1 Å². The van der Waals surface area contributed by atoms with E-state index in [2.05, 4.69) is 60.7 Å². The van der Waals surface area contributed by atoms with Crippen LogP contribution in [0.2, 0.25) is 0 Å². The van der Waals surface area contributed by atoms with Crippen LogP contribution in [0.15, 0.2) is 41.5 Å².